The van der Waals surface area contributed by atoms with Crippen LogP contribution in [0, 0.1) is 5.92 Å². The van der Waals surface area contributed by atoms with Crippen LogP contribution < -0.4 is 11.1 Å². The van der Waals surface area contributed by atoms with E-state index in [1.807, 2.05) is 0 Å². The van der Waals surface area contributed by atoms with E-state index in [1.54, 1.807) is 0 Å². The fraction of sp³-hybridized carbons (Fsp3) is 1.00. The fourth-order valence-corrected chi connectivity index (χ4v) is 2.26. The Morgan fingerprint density at radius 2 is 1.85 bits per heavy atom. The Balaban J connectivity index is 1.86. The minimum absolute atomic E-state index is 0.628. The molecule has 3 N–H and O–H groups in total. The van der Waals surface area contributed by atoms with Gasteiger partial charge in [0.25, 0.3) is 0 Å². The van der Waals surface area contributed by atoms with Crippen LogP contribution in [0.25, 0.3) is 0 Å². The van der Waals surface area contributed by atoms with Crippen molar-refractivity contribution >= 4 is 0 Å². The third-order valence-corrected chi connectivity index (χ3v) is 3.09. The highest BCUT2D eigenvalue weighted by Gasteiger charge is 2.12. The Bertz CT molecular complexity index is 109. The van der Waals surface area contributed by atoms with Crippen molar-refractivity contribution in [3.63, 3.8) is 0 Å². The Kier molecular flexibility index (Phi) is 6.21. The second-order valence-electron chi connectivity index (χ2n) is 4.20. The lowest BCUT2D eigenvalue weighted by molar-refractivity contribution is 0.329. The molecular weight excluding hydrogens is 160 g/mol. The Labute approximate surface area is 82.3 Å². The summed E-state index contributed by atoms with van der Waals surface area (Å²) in [7, 11) is 0. The van der Waals surface area contributed by atoms with Gasteiger partial charge < -0.3 is 11.1 Å². The largest absolute Gasteiger partial charge is 0.318 e. The van der Waals surface area contributed by atoms with Crippen molar-refractivity contribution in [1.29, 1.82) is 0 Å². The topological polar surface area (TPSA) is 38.0 Å². The maximum absolute atomic E-state index is 5.34. The van der Waals surface area contributed by atoms with Crippen molar-refractivity contribution in [2.45, 2.75) is 51.4 Å². The molecule has 0 spiro atoms. The van der Waals surface area contributed by atoms with E-state index >= 15 is 0 Å². The predicted octanol–water partition coefficient (Wildman–Crippen LogP) is 2.24. The zero-order valence-electron chi connectivity index (χ0n) is 8.73. The molecule has 0 radical (unpaired) electrons. The number of hydrogen-bond donors (Lipinski definition) is 2. The molecule has 1 aliphatic rings. The van der Waals surface area contributed by atoms with Crippen molar-refractivity contribution in [2.75, 3.05) is 13.2 Å². The summed E-state index contributed by atoms with van der Waals surface area (Å²) in [6, 6.07) is 0. The van der Waals surface area contributed by atoms with Gasteiger partial charge in [-0.15, -0.1) is 0 Å². The summed E-state index contributed by atoms with van der Waals surface area (Å²) in [6.45, 7) is 1.73. The molecule has 0 aromatic heterocycles. The monoisotopic (exact) mass is 184 g/mol. The number of nitrogens with two attached hydrogens (primary N) is 1. The van der Waals surface area contributed by atoms with E-state index in [-0.39, 0.29) is 0 Å². The van der Waals surface area contributed by atoms with E-state index in [4.69, 9.17) is 5.73 Å². The van der Waals surface area contributed by atoms with Crippen LogP contribution in [0.1, 0.15) is 51.4 Å². The first kappa shape index (κ1) is 11.0. The van der Waals surface area contributed by atoms with Crippen molar-refractivity contribution in [2.24, 2.45) is 11.7 Å². The van der Waals surface area contributed by atoms with Crippen LogP contribution in [0.2, 0.25) is 0 Å². The van der Waals surface area contributed by atoms with E-state index in [9.17, 15) is 0 Å². The zero-order valence-corrected chi connectivity index (χ0v) is 8.73. The zero-order chi connectivity index (χ0) is 9.36. The lowest BCUT2D eigenvalue weighted by Gasteiger charge is -2.21. The summed E-state index contributed by atoms with van der Waals surface area (Å²) >= 11 is 0. The van der Waals surface area contributed by atoms with E-state index < -0.39 is 0 Å². The smallest absolute Gasteiger partial charge is 0.0428 e. The summed E-state index contributed by atoms with van der Waals surface area (Å²) in [6.07, 6.45) is 11.6. The van der Waals surface area contributed by atoms with E-state index in [0.29, 0.717) is 6.67 Å². The molecule has 0 atom stereocenters. The first-order chi connectivity index (χ1) is 6.43. The average molecular weight is 184 g/mol. The molecule has 1 aliphatic carbocycles. The molecule has 2 nitrogen and oxygen atoms in total. The Morgan fingerprint density at radius 1 is 1.08 bits per heavy atom. The number of hydrogen-bond acceptors (Lipinski definition) is 2. The molecule has 1 saturated carbocycles. The number of rotatable bonds is 6. The molecule has 78 valence electrons. The summed E-state index contributed by atoms with van der Waals surface area (Å²) in [4.78, 5) is 0. The molecule has 0 heterocycles. The van der Waals surface area contributed by atoms with Crippen LogP contribution in [0.4, 0.5) is 0 Å². The summed E-state index contributed by atoms with van der Waals surface area (Å²) in [5.74, 6) is 1.05. The molecular formula is C11H24N2. The first-order valence-corrected chi connectivity index (χ1v) is 5.84. The minimum atomic E-state index is 0.628. The van der Waals surface area contributed by atoms with Gasteiger partial charge in [0.2, 0.25) is 0 Å². The molecule has 2 heteroatoms. The van der Waals surface area contributed by atoms with Crippen molar-refractivity contribution < 1.29 is 0 Å². The quantitative estimate of drug-likeness (QED) is 0.491. The fourth-order valence-electron chi connectivity index (χ4n) is 2.26. The number of unbranched alkanes of at least 4 members (excludes halogenated alkanes) is 1. The predicted molar refractivity (Wildman–Crippen MR) is 57.5 cm³/mol. The van der Waals surface area contributed by atoms with Gasteiger partial charge in [0.15, 0.2) is 0 Å². The average Bonchev–Trinajstić information content (AvgIpc) is 2.19. The highest BCUT2D eigenvalue weighted by Crippen LogP contribution is 2.27. The molecule has 0 bridgehead atoms. The second-order valence-corrected chi connectivity index (χ2v) is 4.20. The summed E-state index contributed by atoms with van der Waals surface area (Å²) in [5, 5.41) is 3.16. The Morgan fingerprint density at radius 3 is 2.54 bits per heavy atom. The van der Waals surface area contributed by atoms with Gasteiger partial charge in [0.05, 0.1) is 0 Å². The van der Waals surface area contributed by atoms with Gasteiger partial charge in [-0.2, -0.15) is 0 Å². The van der Waals surface area contributed by atoms with Crippen LogP contribution in [0.3, 0.4) is 0 Å². The van der Waals surface area contributed by atoms with Crippen LogP contribution in [0.15, 0.2) is 0 Å². The van der Waals surface area contributed by atoms with Crippen molar-refractivity contribution in [1.82, 2.24) is 5.32 Å². The normalized spacial score (nSPS) is 19.2. The SMILES string of the molecule is NCNCCCCC1CCCCC1. The van der Waals surface area contributed by atoms with Crippen molar-refractivity contribution in [3.05, 3.63) is 0 Å². The molecule has 1 rings (SSSR count). The first-order valence-electron chi connectivity index (χ1n) is 5.84. The highest BCUT2D eigenvalue weighted by atomic mass is 14.9. The summed E-state index contributed by atoms with van der Waals surface area (Å²) in [5.41, 5.74) is 5.34. The van der Waals surface area contributed by atoms with Gasteiger partial charge in [-0.25, -0.2) is 0 Å². The molecule has 0 amide bonds. The second kappa shape index (κ2) is 7.34. The molecule has 13 heavy (non-hydrogen) atoms. The highest BCUT2D eigenvalue weighted by molar-refractivity contribution is 4.65. The van der Waals surface area contributed by atoms with E-state index in [1.165, 1.54) is 51.4 Å². The summed E-state index contributed by atoms with van der Waals surface area (Å²) < 4.78 is 0. The maximum atomic E-state index is 5.34. The van der Waals surface area contributed by atoms with Crippen molar-refractivity contribution in [3.8, 4) is 0 Å². The van der Waals surface area contributed by atoms with Gasteiger partial charge in [0.1, 0.15) is 0 Å². The van der Waals surface area contributed by atoms with Crippen LogP contribution >= 0.6 is 0 Å². The van der Waals surface area contributed by atoms with Crippen LogP contribution in [-0.4, -0.2) is 13.2 Å². The lowest BCUT2D eigenvalue weighted by Crippen LogP contribution is -2.23. The van der Waals surface area contributed by atoms with Gasteiger partial charge in [-0.1, -0.05) is 44.9 Å². The Hall–Kier alpha value is -0.0800. The standard InChI is InChI=1S/C11H24N2/c12-10-13-9-5-4-8-11-6-2-1-3-7-11/h11,13H,1-10,12H2. The van der Waals surface area contributed by atoms with E-state index in [2.05, 4.69) is 5.32 Å². The van der Waals surface area contributed by atoms with Gasteiger partial charge in [0, 0.05) is 6.67 Å². The van der Waals surface area contributed by atoms with E-state index in [0.717, 1.165) is 12.5 Å². The van der Waals surface area contributed by atoms with Gasteiger partial charge in [-0.3, -0.25) is 0 Å². The molecule has 1 fully saturated rings. The lowest BCUT2D eigenvalue weighted by atomic mass is 9.86. The molecule has 0 aliphatic heterocycles. The molecule has 0 aromatic rings. The van der Waals surface area contributed by atoms with Gasteiger partial charge >= 0.3 is 0 Å². The third kappa shape index (κ3) is 5.27. The van der Waals surface area contributed by atoms with Crippen LogP contribution in [-0.2, 0) is 0 Å². The molecule has 0 unspecified atom stereocenters. The minimum Gasteiger partial charge on any atom is -0.318 e. The molecule has 0 aromatic carbocycles. The van der Waals surface area contributed by atoms with Crippen LogP contribution in [0.5, 0.6) is 0 Å². The van der Waals surface area contributed by atoms with Gasteiger partial charge in [-0.05, 0) is 18.9 Å². The third-order valence-electron chi connectivity index (χ3n) is 3.09. The maximum Gasteiger partial charge on any atom is 0.0428 e. The number of nitrogens with one attached hydrogen (secondary N) is 1. The molecule has 0 saturated heterocycles.